The van der Waals surface area contributed by atoms with Crippen LogP contribution < -0.4 is 11.1 Å². The summed E-state index contributed by atoms with van der Waals surface area (Å²) in [6, 6.07) is 6.33. The fraction of sp³-hybridized carbons (Fsp3) is 0.467. The van der Waals surface area contributed by atoms with E-state index in [1.165, 1.54) is 0 Å². The van der Waals surface area contributed by atoms with Crippen LogP contribution in [-0.2, 0) is 16.0 Å². The van der Waals surface area contributed by atoms with E-state index >= 15 is 0 Å². The highest BCUT2D eigenvalue weighted by Crippen LogP contribution is 2.26. The second-order valence-corrected chi connectivity index (χ2v) is 5.55. The summed E-state index contributed by atoms with van der Waals surface area (Å²) in [7, 11) is 0. The van der Waals surface area contributed by atoms with Crippen LogP contribution in [0.15, 0.2) is 24.3 Å². The monoisotopic (exact) mass is 292 g/mol. The van der Waals surface area contributed by atoms with Gasteiger partial charge in [-0.15, -0.1) is 0 Å². The minimum absolute atomic E-state index is 0.102. The Balaban J connectivity index is 1.84. The predicted molar refractivity (Wildman–Crippen MR) is 77.0 cm³/mol. The average Bonchev–Trinajstić information content (AvgIpc) is 2.80. The van der Waals surface area contributed by atoms with Gasteiger partial charge in [0.2, 0.25) is 5.91 Å². The molecule has 6 nitrogen and oxygen atoms in total. The van der Waals surface area contributed by atoms with Crippen LogP contribution in [-0.4, -0.2) is 42.8 Å². The summed E-state index contributed by atoms with van der Waals surface area (Å²) in [6.07, 6.45) is 0.637. The Labute approximate surface area is 123 Å². The number of carboxylic acids is 1. The van der Waals surface area contributed by atoms with E-state index in [1.807, 2.05) is 6.92 Å². The average molecular weight is 292 g/mol. The highest BCUT2D eigenvalue weighted by Gasteiger charge is 2.44. The Morgan fingerprint density at radius 3 is 2.62 bits per heavy atom. The van der Waals surface area contributed by atoms with Gasteiger partial charge in [-0.05, 0) is 31.0 Å². The molecule has 0 aliphatic carbocycles. The van der Waals surface area contributed by atoms with Crippen LogP contribution in [0.4, 0.5) is 0 Å². The molecule has 1 fully saturated rings. The summed E-state index contributed by atoms with van der Waals surface area (Å²) in [5.41, 5.74) is 6.45. The van der Waals surface area contributed by atoms with E-state index < -0.39 is 11.4 Å². The zero-order valence-electron chi connectivity index (χ0n) is 12.0. The molecule has 6 heteroatoms. The van der Waals surface area contributed by atoms with Gasteiger partial charge in [0.05, 0.1) is 24.2 Å². The zero-order chi connectivity index (χ0) is 15.5. The van der Waals surface area contributed by atoms with Crippen LogP contribution in [0, 0.1) is 5.41 Å². The molecule has 1 aromatic rings. The number of nitrogens with one attached hydrogen (secondary N) is 1. The summed E-state index contributed by atoms with van der Waals surface area (Å²) < 4.78 is 5.25. The second-order valence-electron chi connectivity index (χ2n) is 5.55. The first kappa shape index (κ1) is 15.5. The van der Waals surface area contributed by atoms with Crippen molar-refractivity contribution in [3.05, 3.63) is 35.4 Å². The lowest BCUT2D eigenvalue weighted by atomic mass is 9.85. The molecule has 21 heavy (non-hydrogen) atoms. The van der Waals surface area contributed by atoms with Gasteiger partial charge in [0.15, 0.2) is 0 Å². The molecule has 1 aliphatic heterocycles. The maximum Gasteiger partial charge on any atom is 0.335 e. The first-order chi connectivity index (χ1) is 9.93. The highest BCUT2D eigenvalue weighted by atomic mass is 16.5. The Morgan fingerprint density at radius 2 is 2.10 bits per heavy atom. The maximum atomic E-state index is 12.2. The van der Waals surface area contributed by atoms with Gasteiger partial charge in [0.25, 0.3) is 0 Å². The largest absolute Gasteiger partial charge is 0.478 e. The lowest BCUT2D eigenvalue weighted by Gasteiger charge is -2.25. The number of carbonyl (C=O) groups is 2. The molecule has 0 saturated carbocycles. The van der Waals surface area contributed by atoms with Crippen molar-refractivity contribution in [1.29, 1.82) is 0 Å². The van der Waals surface area contributed by atoms with Crippen LogP contribution in [0.3, 0.4) is 0 Å². The third kappa shape index (κ3) is 3.40. The minimum atomic E-state index is -0.946. The molecule has 0 bridgehead atoms. The molecule has 0 aromatic heterocycles. The number of hydrogen-bond donors (Lipinski definition) is 3. The summed E-state index contributed by atoms with van der Waals surface area (Å²) >= 11 is 0. The number of nitrogens with two attached hydrogens (primary N) is 1. The summed E-state index contributed by atoms with van der Waals surface area (Å²) in [6.45, 7) is 3.03. The third-order valence-corrected chi connectivity index (χ3v) is 3.94. The summed E-state index contributed by atoms with van der Waals surface area (Å²) in [4.78, 5) is 22.9. The number of carboxylic acid groups (broad SMARTS) is 1. The number of hydrogen-bond acceptors (Lipinski definition) is 4. The van der Waals surface area contributed by atoms with Gasteiger partial charge < -0.3 is 20.9 Å². The van der Waals surface area contributed by atoms with Gasteiger partial charge in [0, 0.05) is 12.6 Å². The first-order valence-electron chi connectivity index (χ1n) is 6.87. The normalized spacial score (nSPS) is 24.8. The van der Waals surface area contributed by atoms with E-state index in [1.54, 1.807) is 24.3 Å². The fourth-order valence-electron chi connectivity index (χ4n) is 2.26. The van der Waals surface area contributed by atoms with Crippen molar-refractivity contribution in [2.45, 2.75) is 19.4 Å². The predicted octanol–water partition coefficient (Wildman–Crippen LogP) is 0.407. The molecule has 2 atom stereocenters. The molecule has 0 spiro atoms. The number of aromatic carboxylic acids is 1. The van der Waals surface area contributed by atoms with Crippen LogP contribution in [0.25, 0.3) is 0 Å². The number of ether oxygens (including phenoxy) is 1. The summed E-state index contributed by atoms with van der Waals surface area (Å²) in [5.74, 6) is -1.05. The molecule has 0 radical (unpaired) electrons. The van der Waals surface area contributed by atoms with Gasteiger partial charge in [-0.2, -0.15) is 0 Å². The second kappa shape index (κ2) is 6.24. The van der Waals surface area contributed by atoms with Crippen molar-refractivity contribution in [1.82, 2.24) is 5.32 Å². The Morgan fingerprint density at radius 1 is 1.43 bits per heavy atom. The molecule has 2 unspecified atom stereocenters. The highest BCUT2D eigenvalue weighted by molar-refractivity contribution is 5.87. The van der Waals surface area contributed by atoms with Crippen LogP contribution in [0.5, 0.6) is 0 Å². The Kier molecular flexibility index (Phi) is 4.59. The van der Waals surface area contributed by atoms with Crippen molar-refractivity contribution >= 4 is 11.9 Å². The number of rotatable bonds is 5. The molecule has 1 amide bonds. The first-order valence-corrected chi connectivity index (χ1v) is 6.87. The number of amides is 1. The quantitative estimate of drug-likeness (QED) is 0.729. The molecule has 2 rings (SSSR count). The van der Waals surface area contributed by atoms with Crippen molar-refractivity contribution < 1.29 is 19.4 Å². The van der Waals surface area contributed by atoms with Crippen molar-refractivity contribution in [3.63, 3.8) is 0 Å². The number of benzene rings is 1. The molecule has 114 valence electrons. The summed E-state index contributed by atoms with van der Waals surface area (Å²) in [5, 5.41) is 11.7. The van der Waals surface area contributed by atoms with E-state index in [4.69, 9.17) is 15.6 Å². The van der Waals surface area contributed by atoms with E-state index in [0.717, 1.165) is 5.56 Å². The van der Waals surface area contributed by atoms with Crippen LogP contribution in [0.2, 0.25) is 0 Å². The Bertz CT molecular complexity index is 529. The van der Waals surface area contributed by atoms with E-state index in [-0.39, 0.29) is 17.5 Å². The molecule has 1 saturated heterocycles. The minimum Gasteiger partial charge on any atom is -0.478 e. The lowest BCUT2D eigenvalue weighted by molar-refractivity contribution is -0.130. The van der Waals surface area contributed by atoms with E-state index in [9.17, 15) is 9.59 Å². The molecular weight excluding hydrogens is 272 g/mol. The molecule has 1 aromatic carbocycles. The third-order valence-electron chi connectivity index (χ3n) is 3.94. The van der Waals surface area contributed by atoms with Gasteiger partial charge >= 0.3 is 5.97 Å². The SMILES string of the molecule is CC1(C(=O)NCCc2ccc(C(=O)O)cc2)COCC1N. The van der Waals surface area contributed by atoms with Gasteiger partial charge in [-0.25, -0.2) is 4.79 Å². The standard InChI is InChI=1S/C15H20N2O4/c1-15(9-21-8-12(15)16)14(20)17-7-6-10-2-4-11(5-3-10)13(18)19/h2-5,12H,6-9,16H2,1H3,(H,17,20)(H,18,19). The molecule has 4 N–H and O–H groups in total. The van der Waals surface area contributed by atoms with Crippen molar-refractivity contribution in [2.24, 2.45) is 11.1 Å². The zero-order valence-corrected chi connectivity index (χ0v) is 12.0. The van der Waals surface area contributed by atoms with E-state index in [2.05, 4.69) is 5.32 Å². The molecular formula is C15H20N2O4. The van der Waals surface area contributed by atoms with Gasteiger partial charge in [0.1, 0.15) is 0 Å². The number of carbonyl (C=O) groups excluding carboxylic acids is 1. The van der Waals surface area contributed by atoms with Gasteiger partial charge in [-0.3, -0.25) is 4.79 Å². The van der Waals surface area contributed by atoms with Crippen LogP contribution >= 0.6 is 0 Å². The molecule has 1 aliphatic rings. The smallest absolute Gasteiger partial charge is 0.335 e. The fourth-order valence-corrected chi connectivity index (χ4v) is 2.26. The lowest BCUT2D eigenvalue weighted by Crippen LogP contribution is -2.50. The maximum absolute atomic E-state index is 12.2. The topological polar surface area (TPSA) is 102 Å². The molecule has 1 heterocycles. The van der Waals surface area contributed by atoms with E-state index in [0.29, 0.717) is 26.2 Å². The van der Waals surface area contributed by atoms with Crippen LogP contribution in [0.1, 0.15) is 22.8 Å². The van der Waals surface area contributed by atoms with Crippen molar-refractivity contribution in [3.8, 4) is 0 Å². The Hall–Kier alpha value is -1.92. The van der Waals surface area contributed by atoms with Gasteiger partial charge in [-0.1, -0.05) is 12.1 Å². The van der Waals surface area contributed by atoms with Crippen molar-refractivity contribution in [2.75, 3.05) is 19.8 Å².